The monoisotopic (exact) mass is 535 g/mol. The number of aldehydes is 1. The fourth-order valence-corrected chi connectivity index (χ4v) is 4.66. The third-order valence-electron chi connectivity index (χ3n) is 7.23. The Morgan fingerprint density at radius 1 is 1.26 bits per heavy atom. The number of aryl methyl sites for hydroxylation is 1. The number of hydrogen-bond donors (Lipinski definition) is 1. The number of anilines is 2. The first-order valence-corrected chi connectivity index (χ1v) is 12.8. The van der Waals surface area contributed by atoms with Crippen molar-refractivity contribution in [1.82, 2.24) is 19.8 Å². The summed E-state index contributed by atoms with van der Waals surface area (Å²) in [5.74, 6) is 0.889. The van der Waals surface area contributed by atoms with Crippen LogP contribution < -0.4 is 15.0 Å². The topological polar surface area (TPSA) is 141 Å². The van der Waals surface area contributed by atoms with Crippen molar-refractivity contribution in [3.63, 3.8) is 0 Å². The van der Waals surface area contributed by atoms with Crippen LogP contribution in [0.2, 0.25) is 0 Å². The van der Waals surface area contributed by atoms with Gasteiger partial charge in [-0.2, -0.15) is 5.26 Å². The predicted molar refractivity (Wildman–Crippen MR) is 143 cm³/mol. The third kappa shape index (κ3) is 5.84. The summed E-state index contributed by atoms with van der Waals surface area (Å²) < 4.78 is 10.6. The second-order valence-electron chi connectivity index (χ2n) is 10.0. The number of nitrogens with one attached hydrogen (secondary N) is 1. The second-order valence-corrected chi connectivity index (χ2v) is 10.0. The third-order valence-corrected chi connectivity index (χ3v) is 7.23. The molecule has 206 valence electrons. The van der Waals surface area contributed by atoms with E-state index in [1.54, 1.807) is 12.0 Å². The number of carbonyl (C=O) groups excluding carboxylic acids is 3. The molecule has 1 fully saturated rings. The lowest BCUT2D eigenvalue weighted by Crippen LogP contribution is -2.61. The zero-order valence-corrected chi connectivity index (χ0v) is 22.7. The fourth-order valence-electron chi connectivity index (χ4n) is 4.66. The average Bonchev–Trinajstić information content (AvgIpc) is 2.93. The standard InChI is InChI=1S/C27H33N7O5/c1-27(2)25(36)33(9-8-32(27)3)16-19-12-18-6-5-7-34(24(18)30-21(19)17-35)26(37)31-23-13-22(39-11-10-38-4)20(14-28)15-29-23/h12-13,15,17H,5-11,16H2,1-4H3,(H,29,31,37). The number of aromatic nitrogens is 2. The molecule has 0 atom stereocenters. The van der Waals surface area contributed by atoms with Crippen LogP contribution in [0, 0.1) is 11.3 Å². The number of hydrogen-bond acceptors (Lipinski definition) is 9. The average molecular weight is 536 g/mol. The summed E-state index contributed by atoms with van der Waals surface area (Å²) in [5.41, 5.74) is 1.29. The number of carbonyl (C=O) groups is 3. The van der Waals surface area contributed by atoms with E-state index in [0.717, 1.165) is 12.1 Å². The summed E-state index contributed by atoms with van der Waals surface area (Å²) in [4.78, 5) is 52.4. The summed E-state index contributed by atoms with van der Waals surface area (Å²) >= 11 is 0. The van der Waals surface area contributed by atoms with E-state index in [0.29, 0.717) is 50.2 Å². The number of piperazine rings is 1. The van der Waals surface area contributed by atoms with E-state index in [9.17, 15) is 19.6 Å². The van der Waals surface area contributed by atoms with Gasteiger partial charge in [0.2, 0.25) is 5.91 Å². The summed E-state index contributed by atoms with van der Waals surface area (Å²) in [5, 5.41) is 12.1. The normalized spacial score (nSPS) is 16.8. The van der Waals surface area contributed by atoms with Crippen molar-refractivity contribution in [3.8, 4) is 11.8 Å². The van der Waals surface area contributed by atoms with Crippen molar-refractivity contribution < 1.29 is 23.9 Å². The minimum absolute atomic E-state index is 0.00712. The molecule has 2 aliphatic heterocycles. The van der Waals surface area contributed by atoms with Crippen LogP contribution in [0.4, 0.5) is 16.4 Å². The number of likely N-dealkylation sites (N-methyl/N-ethyl adjacent to an activating group) is 1. The van der Waals surface area contributed by atoms with Crippen LogP contribution in [-0.2, 0) is 22.5 Å². The lowest BCUT2D eigenvalue weighted by atomic mass is 9.97. The highest BCUT2D eigenvalue weighted by atomic mass is 16.5. The van der Waals surface area contributed by atoms with Gasteiger partial charge >= 0.3 is 6.03 Å². The molecule has 39 heavy (non-hydrogen) atoms. The molecule has 2 aromatic heterocycles. The molecule has 1 N–H and O–H groups in total. The number of nitriles is 1. The Bertz CT molecular complexity index is 1310. The molecular formula is C27H33N7O5. The number of methoxy groups -OCH3 is 1. The molecule has 12 heteroatoms. The molecule has 12 nitrogen and oxygen atoms in total. The summed E-state index contributed by atoms with van der Waals surface area (Å²) in [7, 11) is 3.47. The smallest absolute Gasteiger partial charge is 0.328 e. The number of nitrogens with zero attached hydrogens (tertiary/aromatic N) is 6. The van der Waals surface area contributed by atoms with Crippen LogP contribution in [0.3, 0.4) is 0 Å². The SMILES string of the molecule is COCCOc1cc(NC(=O)N2CCCc3cc(CN4CCN(C)C(C)(C)C4=O)c(C=O)nc32)ncc1C#N. The second kappa shape index (κ2) is 11.8. The summed E-state index contributed by atoms with van der Waals surface area (Å²) in [6, 6.07) is 4.91. The van der Waals surface area contributed by atoms with Crippen LogP contribution in [0.25, 0.3) is 0 Å². The minimum Gasteiger partial charge on any atom is -0.490 e. The Labute approximate surface area is 227 Å². The van der Waals surface area contributed by atoms with Gasteiger partial charge in [0.05, 0.1) is 18.3 Å². The molecule has 0 spiro atoms. The molecule has 3 amide bonds. The molecule has 2 aromatic rings. The van der Waals surface area contributed by atoms with Gasteiger partial charge in [0.1, 0.15) is 41.3 Å². The van der Waals surface area contributed by atoms with Crippen molar-refractivity contribution >= 4 is 29.9 Å². The van der Waals surface area contributed by atoms with Gasteiger partial charge in [-0.1, -0.05) is 0 Å². The van der Waals surface area contributed by atoms with Crippen LogP contribution >= 0.6 is 0 Å². The summed E-state index contributed by atoms with van der Waals surface area (Å²) in [6.07, 6.45) is 3.39. The largest absolute Gasteiger partial charge is 0.490 e. The van der Waals surface area contributed by atoms with E-state index in [4.69, 9.17) is 9.47 Å². The van der Waals surface area contributed by atoms with Crippen molar-refractivity contribution in [3.05, 3.63) is 40.7 Å². The zero-order valence-electron chi connectivity index (χ0n) is 22.7. The Hall–Kier alpha value is -4.08. The maximum Gasteiger partial charge on any atom is 0.328 e. The van der Waals surface area contributed by atoms with E-state index >= 15 is 0 Å². The van der Waals surface area contributed by atoms with Gasteiger partial charge in [-0.3, -0.25) is 24.7 Å². The first-order chi connectivity index (χ1) is 18.7. The van der Waals surface area contributed by atoms with E-state index in [1.165, 1.54) is 17.2 Å². The Morgan fingerprint density at radius 2 is 2.05 bits per heavy atom. The molecule has 0 unspecified atom stereocenters. The zero-order chi connectivity index (χ0) is 28.2. The molecule has 0 aromatic carbocycles. The van der Waals surface area contributed by atoms with Crippen molar-refractivity contribution in [2.75, 3.05) is 57.2 Å². The molecule has 0 bridgehead atoms. The molecule has 4 heterocycles. The predicted octanol–water partition coefficient (Wildman–Crippen LogP) is 2.22. The molecular weight excluding hydrogens is 502 g/mol. The van der Waals surface area contributed by atoms with Crippen LogP contribution in [0.15, 0.2) is 18.3 Å². The van der Waals surface area contributed by atoms with Gasteiger partial charge in [0, 0.05) is 44.9 Å². The van der Waals surface area contributed by atoms with Gasteiger partial charge in [0.25, 0.3) is 0 Å². The van der Waals surface area contributed by atoms with Crippen molar-refractivity contribution in [1.29, 1.82) is 5.26 Å². The highest BCUT2D eigenvalue weighted by Gasteiger charge is 2.40. The van der Waals surface area contributed by atoms with E-state index in [-0.39, 0.29) is 41.9 Å². The Kier molecular flexibility index (Phi) is 8.42. The molecule has 0 radical (unpaired) electrons. The first-order valence-electron chi connectivity index (χ1n) is 12.8. The van der Waals surface area contributed by atoms with Gasteiger partial charge < -0.3 is 14.4 Å². The summed E-state index contributed by atoms with van der Waals surface area (Å²) in [6.45, 7) is 6.32. The number of amides is 3. The number of urea groups is 1. The van der Waals surface area contributed by atoms with Crippen LogP contribution in [0.1, 0.15) is 47.4 Å². The lowest BCUT2D eigenvalue weighted by Gasteiger charge is -2.44. The number of pyridine rings is 2. The van der Waals surface area contributed by atoms with Gasteiger partial charge in [-0.15, -0.1) is 0 Å². The van der Waals surface area contributed by atoms with E-state index in [2.05, 4.69) is 15.3 Å². The quantitative estimate of drug-likeness (QED) is 0.398. The molecule has 0 saturated carbocycles. The van der Waals surface area contributed by atoms with Gasteiger partial charge in [-0.05, 0) is 45.4 Å². The van der Waals surface area contributed by atoms with Gasteiger partial charge in [0.15, 0.2) is 6.29 Å². The highest BCUT2D eigenvalue weighted by Crippen LogP contribution is 2.30. The van der Waals surface area contributed by atoms with E-state index in [1.807, 2.05) is 37.9 Å². The van der Waals surface area contributed by atoms with Crippen molar-refractivity contribution in [2.45, 2.75) is 38.8 Å². The maximum absolute atomic E-state index is 13.3. The molecule has 0 aliphatic carbocycles. The lowest BCUT2D eigenvalue weighted by molar-refractivity contribution is -0.148. The van der Waals surface area contributed by atoms with Gasteiger partial charge in [-0.25, -0.2) is 14.8 Å². The van der Waals surface area contributed by atoms with E-state index < -0.39 is 11.6 Å². The minimum atomic E-state index is -0.635. The van der Waals surface area contributed by atoms with Crippen LogP contribution in [0.5, 0.6) is 5.75 Å². The number of ether oxygens (including phenoxy) is 2. The first kappa shape index (κ1) is 27.9. The maximum atomic E-state index is 13.3. The Balaban J connectivity index is 1.55. The number of fused-ring (bicyclic) bond motifs is 1. The fraction of sp³-hybridized carbons (Fsp3) is 0.481. The Morgan fingerprint density at radius 3 is 2.77 bits per heavy atom. The highest BCUT2D eigenvalue weighted by molar-refractivity contribution is 6.01. The van der Waals surface area contributed by atoms with Crippen molar-refractivity contribution in [2.24, 2.45) is 0 Å². The molecule has 2 aliphatic rings. The van der Waals surface area contributed by atoms with Crippen LogP contribution in [-0.4, -0.2) is 90.5 Å². The molecule has 1 saturated heterocycles. The number of rotatable bonds is 8. The molecule has 4 rings (SSSR count).